The van der Waals surface area contributed by atoms with Crippen molar-refractivity contribution in [3.8, 4) is 0 Å². The first-order chi connectivity index (χ1) is 9.13. The number of nitrogens with two attached hydrogens (primary N) is 1. The van der Waals surface area contributed by atoms with Crippen LogP contribution in [0.2, 0.25) is 0 Å². The highest BCUT2D eigenvalue weighted by Crippen LogP contribution is 2.24. The second-order valence-corrected chi connectivity index (χ2v) is 5.18. The van der Waals surface area contributed by atoms with Crippen LogP contribution in [0, 0.1) is 0 Å². The predicted octanol–water partition coefficient (Wildman–Crippen LogP) is 1.40. The highest BCUT2D eigenvalue weighted by molar-refractivity contribution is 5.85. The standard InChI is InChI=1S/C15H22N2O2.ClH/c1-17(15(18)14(16)10-19-2)13-8-7-11-5-3-4-6-12(11)9-13;/h3-6,13-14H,7-10,16H2,1-2H3;1H. The molecule has 0 bridgehead atoms. The Morgan fingerprint density at radius 2 is 2.10 bits per heavy atom. The summed E-state index contributed by atoms with van der Waals surface area (Å²) in [5, 5.41) is 0. The van der Waals surface area contributed by atoms with Gasteiger partial charge in [0.25, 0.3) is 0 Å². The minimum atomic E-state index is -0.563. The van der Waals surface area contributed by atoms with Crippen molar-refractivity contribution >= 4 is 18.3 Å². The van der Waals surface area contributed by atoms with Crippen LogP contribution in [0.1, 0.15) is 17.5 Å². The highest BCUT2D eigenvalue weighted by atomic mass is 35.5. The molecule has 0 radical (unpaired) electrons. The third kappa shape index (κ3) is 3.72. The molecule has 4 nitrogen and oxygen atoms in total. The van der Waals surface area contributed by atoms with Crippen molar-refractivity contribution in [1.82, 2.24) is 4.90 Å². The molecule has 2 atom stereocenters. The molecule has 2 rings (SSSR count). The number of benzene rings is 1. The third-order valence-corrected chi connectivity index (χ3v) is 3.88. The van der Waals surface area contributed by atoms with Gasteiger partial charge in [0.15, 0.2) is 0 Å². The maximum absolute atomic E-state index is 12.2. The molecule has 0 aliphatic heterocycles. The van der Waals surface area contributed by atoms with E-state index in [0.29, 0.717) is 0 Å². The van der Waals surface area contributed by atoms with Crippen LogP contribution in [0.15, 0.2) is 24.3 Å². The van der Waals surface area contributed by atoms with E-state index in [1.54, 1.807) is 12.0 Å². The first kappa shape index (κ1) is 17.0. The van der Waals surface area contributed by atoms with Crippen LogP contribution in [0.3, 0.4) is 0 Å². The number of rotatable bonds is 4. The number of carbonyl (C=O) groups excluding carboxylic acids is 1. The van der Waals surface area contributed by atoms with Crippen molar-refractivity contribution in [3.05, 3.63) is 35.4 Å². The van der Waals surface area contributed by atoms with Gasteiger partial charge in [0.2, 0.25) is 5.91 Å². The van der Waals surface area contributed by atoms with Crippen LogP contribution >= 0.6 is 12.4 Å². The van der Waals surface area contributed by atoms with Gasteiger partial charge in [-0.25, -0.2) is 0 Å². The molecule has 1 aliphatic carbocycles. The quantitative estimate of drug-likeness (QED) is 0.914. The summed E-state index contributed by atoms with van der Waals surface area (Å²) >= 11 is 0. The van der Waals surface area contributed by atoms with Crippen molar-refractivity contribution < 1.29 is 9.53 Å². The summed E-state index contributed by atoms with van der Waals surface area (Å²) in [4.78, 5) is 14.0. The minimum Gasteiger partial charge on any atom is -0.383 e. The molecular formula is C15H23ClN2O2. The van der Waals surface area contributed by atoms with Crippen molar-refractivity contribution in [2.24, 2.45) is 5.73 Å². The number of hydrogen-bond donors (Lipinski definition) is 1. The molecule has 0 aromatic heterocycles. The Labute approximate surface area is 126 Å². The Morgan fingerprint density at radius 1 is 1.45 bits per heavy atom. The monoisotopic (exact) mass is 298 g/mol. The summed E-state index contributed by atoms with van der Waals surface area (Å²) in [7, 11) is 3.40. The van der Waals surface area contributed by atoms with E-state index < -0.39 is 6.04 Å². The van der Waals surface area contributed by atoms with Gasteiger partial charge in [0.1, 0.15) is 6.04 Å². The molecule has 0 spiro atoms. The number of methoxy groups -OCH3 is 1. The van der Waals surface area contributed by atoms with E-state index in [1.807, 2.05) is 7.05 Å². The van der Waals surface area contributed by atoms with Crippen molar-refractivity contribution in [1.29, 1.82) is 0 Å². The molecule has 0 fully saturated rings. The van der Waals surface area contributed by atoms with E-state index in [9.17, 15) is 4.79 Å². The zero-order valence-electron chi connectivity index (χ0n) is 12.0. The van der Waals surface area contributed by atoms with E-state index in [-0.39, 0.29) is 31.0 Å². The molecule has 1 amide bonds. The van der Waals surface area contributed by atoms with Gasteiger partial charge in [-0.1, -0.05) is 24.3 Å². The summed E-state index contributed by atoms with van der Waals surface area (Å²) in [5.41, 5.74) is 8.56. The second-order valence-electron chi connectivity index (χ2n) is 5.18. The summed E-state index contributed by atoms with van der Waals surface area (Å²) < 4.78 is 4.95. The smallest absolute Gasteiger partial charge is 0.241 e. The highest BCUT2D eigenvalue weighted by Gasteiger charge is 2.27. The molecule has 0 saturated carbocycles. The number of fused-ring (bicyclic) bond motifs is 1. The SMILES string of the molecule is COCC(N)C(=O)N(C)C1CCc2ccccc2C1.Cl. The number of carbonyl (C=O) groups is 1. The molecular weight excluding hydrogens is 276 g/mol. The summed E-state index contributed by atoms with van der Waals surface area (Å²) in [6.07, 6.45) is 2.94. The molecule has 1 aliphatic rings. The molecule has 20 heavy (non-hydrogen) atoms. The summed E-state index contributed by atoms with van der Waals surface area (Å²) in [6, 6.07) is 8.12. The largest absolute Gasteiger partial charge is 0.383 e. The number of ether oxygens (including phenoxy) is 1. The van der Waals surface area contributed by atoms with Crippen molar-refractivity contribution in [2.45, 2.75) is 31.3 Å². The molecule has 112 valence electrons. The van der Waals surface area contributed by atoms with Crippen LogP contribution in [0.4, 0.5) is 0 Å². The van der Waals surface area contributed by atoms with Crippen LogP contribution in [0.5, 0.6) is 0 Å². The zero-order valence-corrected chi connectivity index (χ0v) is 12.9. The second kappa shape index (κ2) is 7.62. The van der Waals surface area contributed by atoms with Crippen molar-refractivity contribution in [2.75, 3.05) is 20.8 Å². The molecule has 2 unspecified atom stereocenters. The number of likely N-dealkylation sites (N-methyl/N-ethyl adjacent to an activating group) is 1. The van der Waals surface area contributed by atoms with E-state index in [1.165, 1.54) is 11.1 Å². The average Bonchev–Trinajstić information content (AvgIpc) is 2.45. The lowest BCUT2D eigenvalue weighted by Gasteiger charge is -2.33. The molecule has 1 aromatic carbocycles. The number of hydrogen-bond acceptors (Lipinski definition) is 3. The summed E-state index contributed by atoms with van der Waals surface area (Å²) in [6.45, 7) is 0.270. The minimum absolute atomic E-state index is 0. The first-order valence-corrected chi connectivity index (χ1v) is 6.71. The zero-order chi connectivity index (χ0) is 13.8. The topological polar surface area (TPSA) is 55.6 Å². The van der Waals surface area contributed by atoms with E-state index in [2.05, 4.69) is 24.3 Å². The fraction of sp³-hybridized carbons (Fsp3) is 0.533. The lowest BCUT2D eigenvalue weighted by atomic mass is 9.87. The average molecular weight is 299 g/mol. The van der Waals surface area contributed by atoms with Gasteiger partial charge in [-0.15, -0.1) is 12.4 Å². The van der Waals surface area contributed by atoms with Gasteiger partial charge in [-0.05, 0) is 30.4 Å². The van der Waals surface area contributed by atoms with Crippen LogP contribution in [0.25, 0.3) is 0 Å². The Hall–Kier alpha value is -1.10. The fourth-order valence-electron chi connectivity index (χ4n) is 2.70. The number of amides is 1. The number of nitrogens with zero attached hydrogens (tertiary/aromatic N) is 1. The maximum atomic E-state index is 12.2. The van der Waals surface area contributed by atoms with Gasteiger partial charge in [0.05, 0.1) is 6.61 Å². The van der Waals surface area contributed by atoms with Gasteiger partial charge >= 0.3 is 0 Å². The summed E-state index contributed by atoms with van der Waals surface area (Å²) in [5.74, 6) is -0.0359. The van der Waals surface area contributed by atoms with E-state index >= 15 is 0 Å². The van der Waals surface area contributed by atoms with Crippen LogP contribution in [-0.4, -0.2) is 43.7 Å². The Kier molecular flexibility index (Phi) is 6.46. The third-order valence-electron chi connectivity index (χ3n) is 3.88. The number of aryl methyl sites for hydroxylation is 1. The fourth-order valence-corrected chi connectivity index (χ4v) is 2.70. The van der Waals surface area contributed by atoms with Crippen LogP contribution in [-0.2, 0) is 22.4 Å². The van der Waals surface area contributed by atoms with Gasteiger partial charge in [-0.2, -0.15) is 0 Å². The van der Waals surface area contributed by atoms with Gasteiger partial charge < -0.3 is 15.4 Å². The van der Waals surface area contributed by atoms with E-state index in [4.69, 9.17) is 10.5 Å². The van der Waals surface area contributed by atoms with E-state index in [0.717, 1.165) is 19.3 Å². The molecule has 1 aromatic rings. The van der Waals surface area contributed by atoms with Gasteiger partial charge in [-0.3, -0.25) is 4.79 Å². The predicted molar refractivity (Wildman–Crippen MR) is 82.1 cm³/mol. The Morgan fingerprint density at radius 3 is 2.75 bits per heavy atom. The maximum Gasteiger partial charge on any atom is 0.241 e. The lowest BCUT2D eigenvalue weighted by molar-refractivity contribution is -0.134. The molecule has 0 saturated heterocycles. The van der Waals surface area contributed by atoms with Crippen molar-refractivity contribution in [3.63, 3.8) is 0 Å². The lowest BCUT2D eigenvalue weighted by Crippen LogP contribution is -2.49. The molecule has 5 heteroatoms. The number of halogens is 1. The molecule has 2 N–H and O–H groups in total. The Bertz CT molecular complexity index is 453. The van der Waals surface area contributed by atoms with Gasteiger partial charge in [0, 0.05) is 20.2 Å². The van der Waals surface area contributed by atoms with Crippen LogP contribution < -0.4 is 5.73 Å². The molecule has 0 heterocycles. The first-order valence-electron chi connectivity index (χ1n) is 6.71. The normalized spacial score (nSPS) is 18.6. The Balaban J connectivity index is 0.00000200.